The van der Waals surface area contributed by atoms with Crippen molar-refractivity contribution in [2.45, 2.75) is 71.8 Å². The zero-order valence-electron chi connectivity index (χ0n) is 19.5. The van der Waals surface area contributed by atoms with Crippen LogP contribution in [0.1, 0.15) is 58.1 Å². The van der Waals surface area contributed by atoms with Crippen molar-refractivity contribution in [2.24, 2.45) is 5.41 Å². The summed E-state index contributed by atoms with van der Waals surface area (Å²) >= 11 is 0. The highest BCUT2D eigenvalue weighted by Gasteiger charge is 2.50. The van der Waals surface area contributed by atoms with E-state index in [-0.39, 0.29) is 24.2 Å². The predicted octanol–water partition coefficient (Wildman–Crippen LogP) is 5.43. The minimum absolute atomic E-state index is 0.00911. The minimum Gasteiger partial charge on any atom is -0.457 e. The van der Waals surface area contributed by atoms with Crippen LogP contribution in [0.15, 0.2) is 42.5 Å². The van der Waals surface area contributed by atoms with E-state index < -0.39 is 0 Å². The third-order valence-electron chi connectivity index (χ3n) is 7.01. The fourth-order valence-corrected chi connectivity index (χ4v) is 4.28. The molecule has 2 heterocycles. The molecule has 4 rings (SSSR count). The highest BCUT2D eigenvalue weighted by molar-refractivity contribution is 6.68. The van der Waals surface area contributed by atoms with Crippen molar-refractivity contribution in [3.8, 4) is 17.6 Å². The summed E-state index contributed by atoms with van der Waals surface area (Å²) in [5, 5.41) is 9.00. The van der Waals surface area contributed by atoms with Crippen molar-refractivity contribution >= 4 is 12.4 Å². The largest absolute Gasteiger partial charge is 0.457 e. The van der Waals surface area contributed by atoms with Crippen LogP contribution in [-0.4, -0.2) is 25.4 Å². The van der Waals surface area contributed by atoms with E-state index in [1.807, 2.05) is 24.3 Å². The van der Waals surface area contributed by atoms with Crippen LogP contribution >= 0.6 is 0 Å². The molecule has 0 bridgehead atoms. The van der Waals surface area contributed by atoms with Crippen molar-refractivity contribution in [1.82, 2.24) is 0 Å². The zero-order valence-corrected chi connectivity index (χ0v) is 19.5. The lowest BCUT2D eigenvalue weighted by Crippen LogP contribution is -2.37. The average Bonchev–Trinajstić information content (AvgIpc) is 3.00. The molecule has 2 fully saturated rings. The summed E-state index contributed by atoms with van der Waals surface area (Å²) in [5.74, 6) is 1.43. The molecule has 2 aromatic carbocycles. The zero-order chi connectivity index (χ0) is 22.8. The third-order valence-corrected chi connectivity index (χ3v) is 7.01. The normalized spacial score (nSPS) is 21.8. The summed E-state index contributed by atoms with van der Waals surface area (Å²) in [7, 11) is 0. The van der Waals surface area contributed by atoms with Gasteiger partial charge >= 0.3 is 6.92 Å². The second kappa shape index (κ2) is 9.27. The first-order chi connectivity index (χ1) is 15.3. The summed E-state index contributed by atoms with van der Waals surface area (Å²) in [6.07, 6.45) is 3.95. The van der Waals surface area contributed by atoms with Gasteiger partial charge in [0.05, 0.1) is 23.8 Å². The third kappa shape index (κ3) is 5.01. The summed E-state index contributed by atoms with van der Waals surface area (Å²) in [6, 6.07) is 15.4. The molecule has 1 unspecified atom stereocenters. The summed E-state index contributed by atoms with van der Waals surface area (Å²) < 4.78 is 24.5. The molecule has 0 spiro atoms. The van der Waals surface area contributed by atoms with Gasteiger partial charge in [-0.15, -0.1) is 0 Å². The topological polar surface area (TPSA) is 60.7 Å². The Hall–Kier alpha value is -2.33. The predicted molar refractivity (Wildman–Crippen MR) is 125 cm³/mol. The maximum Gasteiger partial charge on any atom is 0.328 e. The van der Waals surface area contributed by atoms with Crippen molar-refractivity contribution < 1.29 is 18.9 Å². The molecule has 2 saturated heterocycles. The molecule has 2 aliphatic heterocycles. The molecule has 0 aliphatic carbocycles. The van der Waals surface area contributed by atoms with E-state index in [1.54, 1.807) is 12.1 Å². The summed E-state index contributed by atoms with van der Waals surface area (Å²) in [5.41, 5.74) is 2.67. The molecule has 0 radical (unpaired) electrons. The number of rotatable bonds is 6. The molecule has 0 amide bonds. The van der Waals surface area contributed by atoms with Gasteiger partial charge in [-0.3, -0.25) is 0 Å². The molecule has 0 aromatic heterocycles. The van der Waals surface area contributed by atoms with E-state index >= 15 is 0 Å². The second-order valence-corrected chi connectivity index (χ2v) is 9.91. The van der Waals surface area contributed by atoms with Crippen LogP contribution in [0.4, 0.5) is 0 Å². The Bertz CT molecular complexity index is 958. The first kappa shape index (κ1) is 22.9. The van der Waals surface area contributed by atoms with Crippen LogP contribution < -0.4 is 10.2 Å². The van der Waals surface area contributed by atoms with Gasteiger partial charge in [-0.05, 0) is 92.3 Å². The van der Waals surface area contributed by atoms with E-state index in [0.717, 1.165) is 49.0 Å². The highest BCUT2D eigenvalue weighted by Crippen LogP contribution is 2.45. The van der Waals surface area contributed by atoms with Gasteiger partial charge in [0, 0.05) is 6.61 Å². The molecule has 0 saturated carbocycles. The monoisotopic (exact) mass is 433 g/mol. The average molecular weight is 433 g/mol. The van der Waals surface area contributed by atoms with Crippen LogP contribution in [0.3, 0.4) is 0 Å². The Morgan fingerprint density at radius 1 is 1.06 bits per heavy atom. The van der Waals surface area contributed by atoms with Crippen LogP contribution in [-0.2, 0) is 20.7 Å². The first-order valence-electron chi connectivity index (χ1n) is 11.5. The van der Waals surface area contributed by atoms with Gasteiger partial charge in [0.15, 0.2) is 6.29 Å². The van der Waals surface area contributed by atoms with Crippen molar-refractivity contribution in [3.05, 3.63) is 53.6 Å². The van der Waals surface area contributed by atoms with Crippen molar-refractivity contribution in [3.63, 3.8) is 0 Å². The van der Waals surface area contributed by atoms with E-state index in [2.05, 4.69) is 39.8 Å². The Labute approximate surface area is 191 Å². The van der Waals surface area contributed by atoms with Crippen LogP contribution in [0.2, 0.25) is 6.32 Å². The van der Waals surface area contributed by atoms with Gasteiger partial charge in [-0.2, -0.15) is 5.26 Å². The molecular formula is C26H32BNO4. The molecule has 168 valence electrons. The molecule has 0 N–H and O–H groups in total. The molecule has 5 nitrogen and oxygen atoms in total. The molecule has 32 heavy (non-hydrogen) atoms. The van der Waals surface area contributed by atoms with Gasteiger partial charge in [0.1, 0.15) is 11.5 Å². The lowest BCUT2D eigenvalue weighted by molar-refractivity contribution is -0.168. The number of nitrogens with zero attached hydrogens (tertiary/aromatic N) is 1. The van der Waals surface area contributed by atoms with Gasteiger partial charge in [-0.1, -0.05) is 19.9 Å². The van der Waals surface area contributed by atoms with Crippen molar-refractivity contribution in [1.29, 1.82) is 5.26 Å². The fourth-order valence-electron chi connectivity index (χ4n) is 4.28. The van der Waals surface area contributed by atoms with Gasteiger partial charge in [0.2, 0.25) is 0 Å². The standard InChI is InChI=1S/C26H32BNO4/c1-25(2)18-27(32-26(25,3)4)23-13-12-22(31-21-10-8-19(16-28)9-11-21)15-20(23)17-30-24-7-5-6-14-29-24/h8-13,15,24H,5-7,14,17-18H2,1-4H3. The number of hydrogen-bond acceptors (Lipinski definition) is 5. The molecular weight excluding hydrogens is 401 g/mol. The van der Waals surface area contributed by atoms with Gasteiger partial charge in [-0.25, -0.2) is 0 Å². The van der Waals surface area contributed by atoms with Crippen LogP contribution in [0, 0.1) is 16.7 Å². The van der Waals surface area contributed by atoms with Crippen molar-refractivity contribution in [2.75, 3.05) is 6.61 Å². The Morgan fingerprint density at radius 2 is 1.81 bits per heavy atom. The molecule has 6 heteroatoms. The highest BCUT2D eigenvalue weighted by atomic mass is 16.7. The van der Waals surface area contributed by atoms with E-state index in [4.69, 9.17) is 24.1 Å². The maximum absolute atomic E-state index is 9.00. The van der Waals surface area contributed by atoms with E-state index in [9.17, 15) is 0 Å². The molecule has 2 aliphatic rings. The lowest BCUT2D eigenvalue weighted by atomic mass is 9.53. The smallest absolute Gasteiger partial charge is 0.328 e. The minimum atomic E-state index is -0.208. The number of ether oxygens (including phenoxy) is 3. The molecule has 1 atom stereocenters. The summed E-state index contributed by atoms with van der Waals surface area (Å²) in [4.78, 5) is 0. The van der Waals surface area contributed by atoms with E-state index in [1.165, 1.54) is 0 Å². The number of hydrogen-bond donors (Lipinski definition) is 0. The van der Waals surface area contributed by atoms with Crippen LogP contribution in [0.5, 0.6) is 11.5 Å². The fraction of sp³-hybridized carbons (Fsp3) is 0.500. The Balaban J connectivity index is 1.57. The number of nitriles is 1. The Morgan fingerprint density at radius 3 is 2.44 bits per heavy atom. The second-order valence-electron chi connectivity index (χ2n) is 9.91. The quantitative estimate of drug-likeness (QED) is 0.569. The first-order valence-corrected chi connectivity index (χ1v) is 11.5. The van der Waals surface area contributed by atoms with Gasteiger partial charge < -0.3 is 18.9 Å². The van der Waals surface area contributed by atoms with Crippen LogP contribution in [0.25, 0.3) is 0 Å². The molecule has 2 aromatic rings. The maximum atomic E-state index is 9.00. The lowest BCUT2D eigenvalue weighted by Gasteiger charge is -2.34. The van der Waals surface area contributed by atoms with Gasteiger partial charge in [0.25, 0.3) is 0 Å². The SMILES string of the molecule is CC1(C)CB(c2ccc(Oc3ccc(C#N)cc3)cc2COC2CCCCO2)OC1(C)C. The Kier molecular flexibility index (Phi) is 6.62. The number of benzene rings is 2. The van der Waals surface area contributed by atoms with E-state index in [0.29, 0.717) is 17.9 Å². The summed E-state index contributed by atoms with van der Waals surface area (Å²) in [6.45, 7) is 10.1.